The van der Waals surface area contributed by atoms with E-state index < -0.39 is 10.0 Å². The van der Waals surface area contributed by atoms with Crippen LogP contribution in [-0.4, -0.2) is 64.5 Å². The number of para-hydroxylation sites is 1. The fourth-order valence-electron chi connectivity index (χ4n) is 4.67. The molecule has 1 saturated heterocycles. The van der Waals surface area contributed by atoms with Crippen molar-refractivity contribution in [3.8, 4) is 0 Å². The molecule has 0 radical (unpaired) electrons. The van der Waals surface area contributed by atoms with E-state index in [1.54, 1.807) is 35.2 Å². The summed E-state index contributed by atoms with van der Waals surface area (Å²) in [5, 5.41) is 0. The summed E-state index contributed by atoms with van der Waals surface area (Å²) in [6, 6.07) is 11.8. The number of sulfonamides is 1. The molecule has 1 N–H and O–H groups in total. The molecule has 4 rings (SSSR count). The summed E-state index contributed by atoms with van der Waals surface area (Å²) < 4.78 is 42.4. The van der Waals surface area contributed by atoms with E-state index in [0.717, 1.165) is 24.3 Å². The second kappa shape index (κ2) is 9.79. The molecule has 1 atom stereocenters. The summed E-state index contributed by atoms with van der Waals surface area (Å²) in [6.07, 6.45) is 1.07. The molecule has 9 heteroatoms. The molecule has 2 aliphatic rings. The van der Waals surface area contributed by atoms with Crippen LogP contribution in [0.4, 0.5) is 15.8 Å². The summed E-state index contributed by atoms with van der Waals surface area (Å²) in [5.74, 6) is -0.172. The van der Waals surface area contributed by atoms with Gasteiger partial charge in [-0.3, -0.25) is 9.69 Å². The van der Waals surface area contributed by atoms with Gasteiger partial charge in [0.2, 0.25) is 15.9 Å². The first-order valence-corrected chi connectivity index (χ1v) is 12.9. The lowest BCUT2D eigenvalue weighted by Crippen LogP contribution is -2.48. The Balaban J connectivity index is 1.31. The van der Waals surface area contributed by atoms with E-state index >= 15 is 0 Å². The fraction of sp³-hybridized carbons (Fsp3) is 0.458. The number of carbonyl (C=O) groups excluding carboxylic acids is 1. The average Bonchev–Trinajstić information content (AvgIpc) is 3.14. The first kappa shape index (κ1) is 23.7. The number of rotatable bonds is 7. The maximum atomic E-state index is 14.0. The van der Waals surface area contributed by atoms with Crippen molar-refractivity contribution in [1.29, 1.82) is 0 Å². The van der Waals surface area contributed by atoms with Gasteiger partial charge in [0.1, 0.15) is 5.82 Å². The number of anilines is 2. The minimum atomic E-state index is -3.64. The van der Waals surface area contributed by atoms with Crippen LogP contribution in [0.3, 0.4) is 0 Å². The van der Waals surface area contributed by atoms with Crippen LogP contribution in [0.2, 0.25) is 0 Å². The van der Waals surface area contributed by atoms with Crippen LogP contribution in [0.5, 0.6) is 0 Å². The fourth-order valence-corrected chi connectivity index (χ4v) is 5.74. The van der Waals surface area contributed by atoms with Crippen molar-refractivity contribution in [3.05, 3.63) is 53.8 Å². The Kier molecular flexibility index (Phi) is 7.02. The van der Waals surface area contributed by atoms with Crippen LogP contribution >= 0.6 is 0 Å². The predicted octanol–water partition coefficient (Wildman–Crippen LogP) is 2.61. The van der Waals surface area contributed by atoms with Gasteiger partial charge in [0.15, 0.2) is 0 Å². The van der Waals surface area contributed by atoms with Gasteiger partial charge in [-0.25, -0.2) is 17.5 Å². The lowest BCUT2D eigenvalue weighted by atomic mass is 10.1. The van der Waals surface area contributed by atoms with E-state index in [2.05, 4.69) is 9.62 Å². The van der Waals surface area contributed by atoms with Crippen LogP contribution in [-0.2, 0) is 21.2 Å². The molecule has 1 amide bonds. The topological polar surface area (TPSA) is 73.0 Å². The van der Waals surface area contributed by atoms with E-state index in [9.17, 15) is 17.6 Å². The molecule has 1 fully saturated rings. The standard InChI is InChI=1S/C24H31FN4O3S/c1-3-24(30)29-18(2)16-19-17-20(8-9-22(19)29)33(31,32)26-10-11-27-12-14-28(15-13-27)23-7-5-4-6-21(23)25/h4-9,17-18,26H,3,10-16H2,1-2H3. The number of hydrogen-bond acceptors (Lipinski definition) is 5. The van der Waals surface area contributed by atoms with Crippen LogP contribution in [0.25, 0.3) is 0 Å². The normalized spacial score (nSPS) is 19.1. The van der Waals surface area contributed by atoms with E-state index in [1.807, 2.05) is 24.8 Å². The third-order valence-electron chi connectivity index (χ3n) is 6.43. The average molecular weight is 475 g/mol. The summed E-state index contributed by atoms with van der Waals surface area (Å²) in [7, 11) is -3.64. The number of carbonyl (C=O) groups is 1. The van der Waals surface area contributed by atoms with Gasteiger partial charge in [-0.2, -0.15) is 0 Å². The predicted molar refractivity (Wildman–Crippen MR) is 128 cm³/mol. The Morgan fingerprint density at radius 2 is 1.82 bits per heavy atom. The van der Waals surface area contributed by atoms with Crippen molar-refractivity contribution in [2.45, 2.75) is 37.6 Å². The van der Waals surface area contributed by atoms with Gasteiger partial charge in [0.25, 0.3) is 0 Å². The monoisotopic (exact) mass is 474 g/mol. The van der Waals surface area contributed by atoms with Crippen LogP contribution in [0.15, 0.2) is 47.4 Å². The Morgan fingerprint density at radius 1 is 1.09 bits per heavy atom. The first-order chi connectivity index (χ1) is 15.8. The van der Waals surface area contributed by atoms with Crippen molar-refractivity contribution < 1.29 is 17.6 Å². The number of hydrogen-bond donors (Lipinski definition) is 1. The van der Waals surface area contributed by atoms with E-state index in [-0.39, 0.29) is 22.7 Å². The summed E-state index contributed by atoms with van der Waals surface area (Å²) in [6.45, 7) is 7.58. The molecule has 33 heavy (non-hydrogen) atoms. The van der Waals surface area contributed by atoms with E-state index in [4.69, 9.17) is 0 Å². The smallest absolute Gasteiger partial charge is 0.240 e. The van der Waals surface area contributed by atoms with Gasteiger partial charge >= 0.3 is 0 Å². The number of benzene rings is 2. The second-order valence-corrected chi connectivity index (χ2v) is 10.4. The molecular formula is C24H31FN4O3S. The number of amides is 1. The largest absolute Gasteiger partial charge is 0.367 e. The highest BCUT2D eigenvalue weighted by Crippen LogP contribution is 2.34. The zero-order chi connectivity index (χ0) is 23.6. The molecule has 0 saturated carbocycles. The van der Waals surface area contributed by atoms with Crippen LogP contribution < -0.4 is 14.5 Å². The molecule has 2 aliphatic heterocycles. The van der Waals surface area contributed by atoms with Gasteiger partial charge in [-0.1, -0.05) is 19.1 Å². The quantitative estimate of drug-likeness (QED) is 0.668. The zero-order valence-corrected chi connectivity index (χ0v) is 19.9. The van der Waals surface area contributed by atoms with Crippen molar-refractivity contribution in [3.63, 3.8) is 0 Å². The highest BCUT2D eigenvalue weighted by Gasteiger charge is 2.31. The number of fused-ring (bicyclic) bond motifs is 1. The Morgan fingerprint density at radius 3 is 2.52 bits per heavy atom. The van der Waals surface area contributed by atoms with Gasteiger partial charge in [-0.05, 0) is 49.2 Å². The molecule has 7 nitrogen and oxygen atoms in total. The third kappa shape index (κ3) is 5.05. The lowest BCUT2D eigenvalue weighted by molar-refractivity contribution is -0.118. The SMILES string of the molecule is CCC(=O)N1c2ccc(S(=O)(=O)NCCN3CCN(c4ccccc4F)CC3)cc2CC1C. The molecule has 0 aromatic heterocycles. The molecule has 2 aromatic rings. The molecule has 0 bridgehead atoms. The summed E-state index contributed by atoms with van der Waals surface area (Å²) in [4.78, 5) is 18.4. The molecule has 2 aromatic carbocycles. The van der Waals surface area contributed by atoms with E-state index in [0.29, 0.717) is 44.7 Å². The zero-order valence-electron chi connectivity index (χ0n) is 19.1. The minimum Gasteiger partial charge on any atom is -0.367 e. The number of nitrogens with zero attached hydrogens (tertiary/aromatic N) is 3. The van der Waals surface area contributed by atoms with E-state index in [1.165, 1.54) is 6.07 Å². The molecular weight excluding hydrogens is 443 g/mol. The molecule has 0 aliphatic carbocycles. The van der Waals surface area contributed by atoms with Crippen LogP contribution in [0.1, 0.15) is 25.8 Å². The van der Waals surface area contributed by atoms with Crippen molar-refractivity contribution in [2.75, 3.05) is 49.1 Å². The number of nitrogens with one attached hydrogen (secondary N) is 1. The van der Waals surface area contributed by atoms with Crippen molar-refractivity contribution in [1.82, 2.24) is 9.62 Å². The number of piperazine rings is 1. The van der Waals surface area contributed by atoms with Gasteiger partial charge < -0.3 is 9.80 Å². The third-order valence-corrected chi connectivity index (χ3v) is 7.89. The maximum Gasteiger partial charge on any atom is 0.240 e. The van der Waals surface area contributed by atoms with Crippen molar-refractivity contribution in [2.24, 2.45) is 0 Å². The molecule has 2 heterocycles. The highest BCUT2D eigenvalue weighted by atomic mass is 32.2. The Bertz CT molecular complexity index is 1120. The second-order valence-electron chi connectivity index (χ2n) is 8.64. The Labute approximate surface area is 195 Å². The summed E-state index contributed by atoms with van der Waals surface area (Å²) in [5.41, 5.74) is 2.31. The first-order valence-electron chi connectivity index (χ1n) is 11.5. The van der Waals surface area contributed by atoms with Gasteiger partial charge in [0, 0.05) is 57.4 Å². The molecule has 178 valence electrons. The maximum absolute atomic E-state index is 14.0. The highest BCUT2D eigenvalue weighted by molar-refractivity contribution is 7.89. The van der Waals surface area contributed by atoms with Crippen molar-refractivity contribution >= 4 is 27.3 Å². The van der Waals surface area contributed by atoms with Crippen LogP contribution in [0, 0.1) is 5.82 Å². The lowest BCUT2D eigenvalue weighted by Gasteiger charge is -2.36. The molecule has 0 spiro atoms. The number of halogens is 1. The summed E-state index contributed by atoms with van der Waals surface area (Å²) >= 11 is 0. The van der Waals surface area contributed by atoms with Gasteiger partial charge in [-0.15, -0.1) is 0 Å². The van der Waals surface area contributed by atoms with Gasteiger partial charge in [0.05, 0.1) is 10.6 Å². The minimum absolute atomic E-state index is 0.0291. The molecule has 1 unspecified atom stereocenters. The Hall–Kier alpha value is -2.49.